The van der Waals surface area contributed by atoms with Crippen molar-refractivity contribution in [3.63, 3.8) is 0 Å². The van der Waals surface area contributed by atoms with Crippen LogP contribution >= 0.6 is 0 Å². The van der Waals surface area contributed by atoms with Crippen LogP contribution in [0.5, 0.6) is 5.75 Å². The summed E-state index contributed by atoms with van der Waals surface area (Å²) < 4.78 is 24.7. The van der Waals surface area contributed by atoms with Crippen LogP contribution in [0.4, 0.5) is 4.39 Å². The lowest BCUT2D eigenvalue weighted by molar-refractivity contribution is 0.0586. The van der Waals surface area contributed by atoms with Gasteiger partial charge < -0.3 is 9.47 Å². The highest BCUT2D eigenvalue weighted by Crippen LogP contribution is 2.35. The molecule has 1 aromatic rings. The monoisotopic (exact) mass is 335 g/mol. The quantitative estimate of drug-likeness (QED) is 0.771. The Bertz CT molecular complexity index is 599. The molecule has 1 atom stereocenters. The van der Waals surface area contributed by atoms with Crippen LogP contribution in [0.3, 0.4) is 0 Å². The Morgan fingerprint density at radius 2 is 2.08 bits per heavy atom. The van der Waals surface area contributed by atoms with E-state index in [9.17, 15) is 9.18 Å². The summed E-state index contributed by atoms with van der Waals surface area (Å²) in [5.41, 5.74) is 1.07. The van der Waals surface area contributed by atoms with Gasteiger partial charge >= 0.3 is 5.97 Å². The second-order valence-corrected chi connectivity index (χ2v) is 6.74. The molecular weight excluding hydrogens is 309 g/mol. The van der Waals surface area contributed by atoms with Crippen LogP contribution < -0.4 is 4.74 Å². The molecule has 0 radical (unpaired) electrons. The van der Waals surface area contributed by atoms with Crippen LogP contribution in [-0.4, -0.2) is 43.2 Å². The molecule has 1 saturated carbocycles. The number of fused-ring (bicyclic) bond motifs is 1. The fourth-order valence-electron chi connectivity index (χ4n) is 4.10. The van der Waals surface area contributed by atoms with Crippen molar-refractivity contribution in [2.45, 2.75) is 57.5 Å². The van der Waals surface area contributed by atoms with Gasteiger partial charge in [-0.05, 0) is 44.4 Å². The Morgan fingerprint density at radius 3 is 2.75 bits per heavy atom. The molecule has 5 heteroatoms. The number of methoxy groups -OCH3 is 1. The van der Waals surface area contributed by atoms with Crippen molar-refractivity contribution in [1.82, 2.24) is 4.90 Å². The van der Waals surface area contributed by atoms with Crippen molar-refractivity contribution in [1.29, 1.82) is 0 Å². The molecule has 1 aromatic carbocycles. The SMILES string of the molecule is CCCN(C1CCCC1)C1COc2c(F)ccc(C(=O)OC)c2C1. The molecule has 0 N–H and O–H groups in total. The molecule has 132 valence electrons. The van der Waals surface area contributed by atoms with Gasteiger partial charge in [0.25, 0.3) is 0 Å². The van der Waals surface area contributed by atoms with E-state index < -0.39 is 11.8 Å². The van der Waals surface area contributed by atoms with E-state index in [1.165, 1.54) is 44.9 Å². The highest BCUT2D eigenvalue weighted by Gasteiger charge is 2.34. The predicted molar refractivity (Wildman–Crippen MR) is 90.0 cm³/mol. The maximum absolute atomic E-state index is 14.1. The van der Waals surface area contributed by atoms with Crippen molar-refractivity contribution < 1.29 is 18.7 Å². The molecule has 0 saturated heterocycles. The van der Waals surface area contributed by atoms with Crippen LogP contribution in [0.1, 0.15) is 54.9 Å². The third-order valence-electron chi connectivity index (χ3n) is 5.22. The van der Waals surface area contributed by atoms with Gasteiger partial charge in [0.1, 0.15) is 6.61 Å². The average Bonchev–Trinajstić information content (AvgIpc) is 3.13. The molecule has 1 fully saturated rings. The van der Waals surface area contributed by atoms with Gasteiger partial charge in [0.15, 0.2) is 11.6 Å². The van der Waals surface area contributed by atoms with E-state index >= 15 is 0 Å². The van der Waals surface area contributed by atoms with Gasteiger partial charge in [0.05, 0.1) is 12.7 Å². The van der Waals surface area contributed by atoms with E-state index in [2.05, 4.69) is 11.8 Å². The van der Waals surface area contributed by atoms with Gasteiger partial charge in [-0.3, -0.25) is 4.90 Å². The minimum Gasteiger partial charge on any atom is -0.489 e. The molecular formula is C19H26FNO3. The van der Waals surface area contributed by atoms with Gasteiger partial charge in [0, 0.05) is 17.6 Å². The number of hydrogen-bond donors (Lipinski definition) is 0. The lowest BCUT2D eigenvalue weighted by Crippen LogP contribution is -2.48. The first-order chi connectivity index (χ1) is 11.7. The smallest absolute Gasteiger partial charge is 0.338 e. The number of rotatable bonds is 5. The first-order valence-electron chi connectivity index (χ1n) is 8.94. The number of halogens is 1. The molecule has 24 heavy (non-hydrogen) atoms. The Hall–Kier alpha value is -1.62. The second-order valence-electron chi connectivity index (χ2n) is 6.74. The number of carbonyl (C=O) groups excluding carboxylic acids is 1. The van der Waals surface area contributed by atoms with E-state index in [4.69, 9.17) is 9.47 Å². The van der Waals surface area contributed by atoms with Gasteiger partial charge in [-0.25, -0.2) is 9.18 Å². The predicted octanol–water partition coefficient (Wildman–Crippen LogP) is 3.57. The standard InChI is InChI=1S/C19H26FNO3/c1-3-10-21(13-6-4-5-7-13)14-11-16-15(19(22)23-2)8-9-17(20)18(16)24-12-14/h8-9,13-14H,3-7,10-12H2,1-2H3. The molecule has 4 nitrogen and oxygen atoms in total. The molecule has 0 spiro atoms. The molecule has 0 aromatic heterocycles. The van der Waals surface area contributed by atoms with Crippen LogP contribution in [0.25, 0.3) is 0 Å². The zero-order valence-electron chi connectivity index (χ0n) is 14.5. The number of nitrogens with zero attached hydrogens (tertiary/aromatic N) is 1. The molecule has 1 heterocycles. The van der Waals surface area contributed by atoms with Gasteiger partial charge in [-0.2, -0.15) is 0 Å². The maximum atomic E-state index is 14.1. The maximum Gasteiger partial charge on any atom is 0.338 e. The number of ether oxygens (including phenoxy) is 2. The molecule has 0 amide bonds. The fourth-order valence-corrected chi connectivity index (χ4v) is 4.10. The van der Waals surface area contributed by atoms with Gasteiger partial charge in [0.2, 0.25) is 0 Å². The Kier molecular flexibility index (Phi) is 5.39. The second kappa shape index (κ2) is 7.51. The normalized spacial score (nSPS) is 20.8. The van der Waals surface area contributed by atoms with Crippen LogP contribution in [0, 0.1) is 5.82 Å². The summed E-state index contributed by atoms with van der Waals surface area (Å²) in [5.74, 6) is -0.616. The first kappa shape index (κ1) is 17.2. The van der Waals surface area contributed by atoms with Crippen LogP contribution in [0.15, 0.2) is 12.1 Å². The zero-order chi connectivity index (χ0) is 17.1. The van der Waals surface area contributed by atoms with Crippen molar-refractivity contribution >= 4 is 5.97 Å². The largest absolute Gasteiger partial charge is 0.489 e. The highest BCUT2D eigenvalue weighted by molar-refractivity contribution is 5.92. The average molecular weight is 335 g/mol. The molecule has 2 aliphatic rings. The van der Waals surface area contributed by atoms with Crippen molar-refractivity contribution in [3.8, 4) is 5.75 Å². The summed E-state index contributed by atoms with van der Waals surface area (Å²) in [4.78, 5) is 14.6. The van der Waals surface area contributed by atoms with Gasteiger partial charge in [-0.1, -0.05) is 19.8 Å². The number of carbonyl (C=O) groups is 1. The number of benzene rings is 1. The molecule has 1 aliphatic heterocycles. The van der Waals surface area contributed by atoms with E-state index in [0.29, 0.717) is 30.2 Å². The number of hydrogen-bond acceptors (Lipinski definition) is 4. The summed E-state index contributed by atoms with van der Waals surface area (Å²) >= 11 is 0. The third kappa shape index (κ3) is 3.27. The molecule has 1 unspecified atom stereocenters. The van der Waals surface area contributed by atoms with E-state index in [0.717, 1.165) is 13.0 Å². The minimum atomic E-state index is -0.432. The summed E-state index contributed by atoms with van der Waals surface area (Å²) in [6.45, 7) is 3.67. The van der Waals surface area contributed by atoms with Crippen molar-refractivity contribution in [2.75, 3.05) is 20.3 Å². The Balaban J connectivity index is 1.88. The van der Waals surface area contributed by atoms with Crippen molar-refractivity contribution in [3.05, 3.63) is 29.1 Å². The van der Waals surface area contributed by atoms with Crippen LogP contribution in [-0.2, 0) is 11.2 Å². The van der Waals surface area contributed by atoms with Gasteiger partial charge in [-0.15, -0.1) is 0 Å². The highest BCUT2D eigenvalue weighted by atomic mass is 19.1. The van der Waals surface area contributed by atoms with Crippen LogP contribution in [0.2, 0.25) is 0 Å². The van der Waals surface area contributed by atoms with E-state index in [1.807, 2.05) is 0 Å². The Labute approximate surface area is 142 Å². The first-order valence-corrected chi connectivity index (χ1v) is 8.94. The Morgan fingerprint density at radius 1 is 1.33 bits per heavy atom. The molecule has 1 aliphatic carbocycles. The number of esters is 1. The molecule has 3 rings (SSSR count). The topological polar surface area (TPSA) is 38.8 Å². The summed E-state index contributed by atoms with van der Waals surface area (Å²) in [6, 6.07) is 3.55. The molecule has 0 bridgehead atoms. The zero-order valence-corrected chi connectivity index (χ0v) is 14.5. The van der Waals surface area contributed by atoms with E-state index in [-0.39, 0.29) is 11.8 Å². The fraction of sp³-hybridized carbons (Fsp3) is 0.632. The summed E-state index contributed by atoms with van der Waals surface area (Å²) in [6.07, 6.45) is 6.70. The van der Waals surface area contributed by atoms with Crippen molar-refractivity contribution in [2.24, 2.45) is 0 Å². The van der Waals surface area contributed by atoms with E-state index in [1.54, 1.807) is 0 Å². The lowest BCUT2D eigenvalue weighted by Gasteiger charge is -2.39. The minimum absolute atomic E-state index is 0.186. The summed E-state index contributed by atoms with van der Waals surface area (Å²) in [7, 11) is 1.35. The summed E-state index contributed by atoms with van der Waals surface area (Å²) in [5, 5.41) is 0. The lowest BCUT2D eigenvalue weighted by atomic mass is 9.94. The third-order valence-corrected chi connectivity index (χ3v) is 5.22.